The van der Waals surface area contributed by atoms with Crippen molar-refractivity contribution in [3.8, 4) is 0 Å². The molecule has 2 N–H and O–H groups in total. The molecule has 1 atom stereocenters. The van der Waals surface area contributed by atoms with E-state index in [1.54, 1.807) is 39.0 Å². The summed E-state index contributed by atoms with van der Waals surface area (Å²) >= 11 is 0. The predicted octanol–water partition coefficient (Wildman–Crippen LogP) is 4.61. The molecule has 0 fully saturated rings. The van der Waals surface area contributed by atoms with Gasteiger partial charge in [-0.1, -0.05) is 32.0 Å². The van der Waals surface area contributed by atoms with Crippen LogP contribution in [0, 0.1) is 17.6 Å². The van der Waals surface area contributed by atoms with Gasteiger partial charge in [0.15, 0.2) is 0 Å². The molecule has 34 heavy (non-hydrogen) atoms. The van der Waals surface area contributed by atoms with Crippen molar-refractivity contribution in [1.82, 2.24) is 10.2 Å². The van der Waals surface area contributed by atoms with E-state index in [1.165, 1.54) is 11.0 Å². The summed E-state index contributed by atoms with van der Waals surface area (Å²) in [4.78, 5) is 39.9. The number of para-hydroxylation sites is 1. The molecular formula is C25H29F2N3O4. The number of hydrogen-bond acceptors (Lipinski definition) is 4. The average molecular weight is 474 g/mol. The van der Waals surface area contributed by atoms with Gasteiger partial charge >= 0.3 is 6.09 Å². The van der Waals surface area contributed by atoms with Gasteiger partial charge in [0.05, 0.1) is 0 Å². The second-order valence-electron chi connectivity index (χ2n) is 9.56. The number of anilines is 1. The third-order valence-corrected chi connectivity index (χ3v) is 5.35. The number of nitrogens with one attached hydrogen (secondary N) is 2. The molecule has 0 aliphatic carbocycles. The highest BCUT2D eigenvalue weighted by molar-refractivity contribution is 6.06. The lowest BCUT2D eigenvalue weighted by Crippen LogP contribution is -2.51. The molecule has 0 unspecified atom stereocenters. The molecule has 2 aromatic carbocycles. The first-order valence-electron chi connectivity index (χ1n) is 11.0. The highest BCUT2D eigenvalue weighted by Gasteiger charge is 2.34. The molecule has 0 saturated carbocycles. The maximum atomic E-state index is 14.0. The number of alkyl carbamates (subject to hydrolysis) is 1. The maximum absolute atomic E-state index is 14.0. The van der Waals surface area contributed by atoms with Gasteiger partial charge in [-0.2, -0.15) is 0 Å². The Labute approximate surface area is 197 Å². The molecule has 3 rings (SSSR count). The second kappa shape index (κ2) is 9.79. The molecule has 9 heteroatoms. The average Bonchev–Trinajstić information content (AvgIpc) is 3.17. The Kier molecular flexibility index (Phi) is 7.24. The molecule has 2 aromatic rings. The molecule has 7 nitrogen and oxygen atoms in total. The van der Waals surface area contributed by atoms with Gasteiger partial charge < -0.3 is 20.3 Å². The summed E-state index contributed by atoms with van der Waals surface area (Å²) in [7, 11) is 0. The predicted molar refractivity (Wildman–Crippen MR) is 123 cm³/mol. The van der Waals surface area contributed by atoms with Crippen molar-refractivity contribution in [3.05, 3.63) is 64.7 Å². The van der Waals surface area contributed by atoms with Crippen LogP contribution >= 0.6 is 0 Å². The van der Waals surface area contributed by atoms with E-state index in [2.05, 4.69) is 10.6 Å². The van der Waals surface area contributed by atoms with Crippen LogP contribution in [0.5, 0.6) is 0 Å². The normalized spacial score (nSPS) is 13.9. The Morgan fingerprint density at radius 1 is 1.00 bits per heavy atom. The van der Waals surface area contributed by atoms with E-state index in [4.69, 9.17) is 4.74 Å². The summed E-state index contributed by atoms with van der Waals surface area (Å²) in [6.45, 7) is 9.18. The minimum absolute atomic E-state index is 0.122. The fraction of sp³-hybridized carbons (Fsp3) is 0.400. The fourth-order valence-corrected chi connectivity index (χ4v) is 3.73. The molecule has 1 aliphatic heterocycles. The summed E-state index contributed by atoms with van der Waals surface area (Å²) in [5.74, 6) is -2.97. The van der Waals surface area contributed by atoms with Crippen LogP contribution in [0.4, 0.5) is 19.3 Å². The van der Waals surface area contributed by atoms with Crippen LogP contribution in [0.15, 0.2) is 36.4 Å². The van der Waals surface area contributed by atoms with Crippen molar-refractivity contribution >= 4 is 23.6 Å². The minimum Gasteiger partial charge on any atom is -0.444 e. The lowest BCUT2D eigenvalue weighted by molar-refractivity contribution is -0.135. The zero-order chi connectivity index (χ0) is 25.2. The fourth-order valence-electron chi connectivity index (χ4n) is 3.73. The van der Waals surface area contributed by atoms with E-state index in [0.717, 1.165) is 17.7 Å². The summed E-state index contributed by atoms with van der Waals surface area (Å²) in [6.07, 6.45) is -0.691. The monoisotopic (exact) mass is 473 g/mol. The van der Waals surface area contributed by atoms with E-state index >= 15 is 0 Å². The van der Waals surface area contributed by atoms with Gasteiger partial charge in [-0.05, 0) is 56.0 Å². The minimum atomic E-state index is -0.884. The summed E-state index contributed by atoms with van der Waals surface area (Å²) in [6, 6.07) is 7.47. The molecule has 182 valence electrons. The van der Waals surface area contributed by atoms with Gasteiger partial charge in [0.1, 0.15) is 29.0 Å². The molecule has 1 aliphatic rings. The summed E-state index contributed by atoms with van der Waals surface area (Å²) < 4.78 is 33.3. The third-order valence-electron chi connectivity index (χ3n) is 5.35. The highest BCUT2D eigenvalue weighted by atomic mass is 19.1. The standard InChI is InChI=1S/C25H29F2N3O4/c1-14(2)20(29-24(33)34-25(3,4)5)23(32)30-12-15-8-6-9-16(17(15)13-30)22(31)28-21-18(26)10-7-11-19(21)27/h6-11,14,20H,12-13H2,1-5H3,(H,28,31)(H,29,33)/t20-/m0/s1. The van der Waals surface area contributed by atoms with E-state index in [0.29, 0.717) is 5.56 Å². The lowest BCUT2D eigenvalue weighted by atomic mass is 10.0. The Hall–Kier alpha value is -3.49. The van der Waals surface area contributed by atoms with Crippen LogP contribution in [0.25, 0.3) is 0 Å². The first-order chi connectivity index (χ1) is 15.9. The van der Waals surface area contributed by atoms with Crippen LogP contribution in [0.3, 0.4) is 0 Å². The van der Waals surface area contributed by atoms with Crippen LogP contribution in [0.1, 0.15) is 56.1 Å². The Bertz CT molecular complexity index is 1090. The number of ether oxygens (including phenoxy) is 1. The molecule has 0 saturated heterocycles. The molecular weight excluding hydrogens is 444 g/mol. The van der Waals surface area contributed by atoms with Crippen molar-refractivity contribution < 1.29 is 27.9 Å². The number of amides is 3. The first-order valence-corrected chi connectivity index (χ1v) is 11.0. The Morgan fingerprint density at radius 3 is 2.21 bits per heavy atom. The molecule has 0 bridgehead atoms. The molecule has 3 amide bonds. The number of nitrogens with zero attached hydrogens (tertiary/aromatic N) is 1. The molecule has 1 heterocycles. The molecule has 0 spiro atoms. The van der Waals surface area contributed by atoms with E-state index in [9.17, 15) is 23.2 Å². The zero-order valence-electron chi connectivity index (χ0n) is 19.9. The van der Waals surface area contributed by atoms with Gasteiger partial charge in [0.25, 0.3) is 5.91 Å². The number of halogens is 2. The third kappa shape index (κ3) is 5.70. The summed E-state index contributed by atoms with van der Waals surface area (Å²) in [5.41, 5.74) is 0.312. The smallest absolute Gasteiger partial charge is 0.408 e. The van der Waals surface area contributed by atoms with Crippen molar-refractivity contribution in [2.45, 2.75) is 59.4 Å². The number of benzene rings is 2. The Balaban J connectivity index is 1.78. The van der Waals surface area contributed by atoms with Gasteiger partial charge in [-0.25, -0.2) is 13.6 Å². The number of rotatable bonds is 5. The van der Waals surface area contributed by atoms with Crippen molar-refractivity contribution in [3.63, 3.8) is 0 Å². The highest BCUT2D eigenvalue weighted by Crippen LogP contribution is 2.29. The largest absolute Gasteiger partial charge is 0.444 e. The van der Waals surface area contributed by atoms with Crippen LogP contribution in [-0.4, -0.2) is 34.5 Å². The summed E-state index contributed by atoms with van der Waals surface area (Å²) in [5, 5.41) is 4.94. The van der Waals surface area contributed by atoms with Crippen molar-refractivity contribution in [2.24, 2.45) is 5.92 Å². The van der Waals surface area contributed by atoms with Gasteiger partial charge in [0.2, 0.25) is 5.91 Å². The van der Waals surface area contributed by atoms with Crippen molar-refractivity contribution in [2.75, 3.05) is 5.32 Å². The number of carbonyl (C=O) groups is 3. The topological polar surface area (TPSA) is 87.7 Å². The molecule has 0 radical (unpaired) electrons. The number of hydrogen-bond donors (Lipinski definition) is 2. The van der Waals surface area contributed by atoms with Crippen molar-refractivity contribution in [1.29, 1.82) is 0 Å². The van der Waals surface area contributed by atoms with E-state index < -0.39 is 41.0 Å². The van der Waals surface area contributed by atoms with Crippen LogP contribution < -0.4 is 10.6 Å². The second-order valence-corrected chi connectivity index (χ2v) is 9.56. The van der Waals surface area contributed by atoms with Gasteiger partial charge in [-0.3, -0.25) is 9.59 Å². The van der Waals surface area contributed by atoms with E-state index in [-0.39, 0.29) is 30.5 Å². The Morgan fingerprint density at radius 2 is 1.62 bits per heavy atom. The SMILES string of the molecule is CC(C)[C@H](NC(=O)OC(C)(C)C)C(=O)N1Cc2cccc(C(=O)Nc3c(F)cccc3F)c2C1. The quantitative estimate of drug-likeness (QED) is 0.664. The van der Waals surface area contributed by atoms with E-state index in [1.807, 2.05) is 13.8 Å². The zero-order valence-corrected chi connectivity index (χ0v) is 19.9. The maximum Gasteiger partial charge on any atom is 0.408 e. The van der Waals surface area contributed by atoms with Crippen LogP contribution in [0.2, 0.25) is 0 Å². The lowest BCUT2D eigenvalue weighted by Gasteiger charge is -2.28. The number of fused-ring (bicyclic) bond motifs is 1. The van der Waals surface area contributed by atoms with Gasteiger partial charge in [0, 0.05) is 18.7 Å². The van der Waals surface area contributed by atoms with Crippen LogP contribution in [-0.2, 0) is 22.6 Å². The van der Waals surface area contributed by atoms with Gasteiger partial charge in [-0.15, -0.1) is 0 Å². The number of carbonyl (C=O) groups excluding carboxylic acids is 3. The molecule has 0 aromatic heterocycles. The first kappa shape index (κ1) is 25.1.